The number of benzene rings is 1. The second kappa shape index (κ2) is 11.3. The van der Waals surface area contributed by atoms with E-state index in [1.165, 1.54) is 0 Å². The van der Waals surface area contributed by atoms with E-state index < -0.39 is 0 Å². The molecule has 1 heterocycles. The van der Waals surface area contributed by atoms with Gasteiger partial charge in [0, 0.05) is 18.3 Å². The van der Waals surface area contributed by atoms with Gasteiger partial charge in [-0.2, -0.15) is 0 Å². The molecule has 3 N–H and O–H groups in total. The molecule has 1 aromatic carbocycles. The fourth-order valence-corrected chi connectivity index (χ4v) is 2.24. The zero-order valence-electron chi connectivity index (χ0n) is 15.4. The van der Waals surface area contributed by atoms with Crippen molar-refractivity contribution in [1.82, 2.24) is 15.6 Å². The predicted molar refractivity (Wildman–Crippen MR) is 108 cm³/mol. The summed E-state index contributed by atoms with van der Waals surface area (Å²) in [4.78, 5) is 20.5. The molecule has 0 aliphatic carbocycles. The molecular weight excluding hydrogens is 342 g/mol. The highest BCUT2D eigenvalue weighted by Crippen LogP contribution is 2.18. The van der Waals surface area contributed by atoms with Crippen molar-refractivity contribution < 1.29 is 9.53 Å². The van der Waals surface area contributed by atoms with Crippen LogP contribution >= 0.6 is 0 Å². The molecule has 1 amide bonds. The van der Waals surface area contributed by atoms with Crippen molar-refractivity contribution in [1.29, 1.82) is 0 Å². The van der Waals surface area contributed by atoms with Gasteiger partial charge in [-0.25, -0.2) is 4.99 Å². The van der Waals surface area contributed by atoms with Crippen LogP contribution in [0.15, 0.2) is 66.4 Å². The Bertz CT molecular complexity index is 762. The van der Waals surface area contributed by atoms with Crippen LogP contribution in [-0.4, -0.2) is 36.5 Å². The van der Waals surface area contributed by atoms with Crippen molar-refractivity contribution in [3.8, 4) is 5.75 Å². The number of nitrogens with one attached hydrogen (secondary N) is 3. The summed E-state index contributed by atoms with van der Waals surface area (Å²) in [5, 5.41) is 8.92. The SMILES string of the molecule is C=CCOc1ccccc1CN=C(NCC)NCC(=O)Nc1cccnc1. The number of hydrogen-bond acceptors (Lipinski definition) is 4. The van der Waals surface area contributed by atoms with Gasteiger partial charge in [-0.3, -0.25) is 9.78 Å². The maximum Gasteiger partial charge on any atom is 0.243 e. The monoisotopic (exact) mass is 367 g/mol. The van der Waals surface area contributed by atoms with Crippen LogP contribution in [0.2, 0.25) is 0 Å². The third-order valence-corrected chi connectivity index (χ3v) is 3.44. The Kier molecular flexibility index (Phi) is 8.36. The number of para-hydroxylation sites is 1. The van der Waals surface area contributed by atoms with E-state index in [1.807, 2.05) is 31.2 Å². The summed E-state index contributed by atoms with van der Waals surface area (Å²) >= 11 is 0. The van der Waals surface area contributed by atoms with Gasteiger partial charge in [-0.05, 0) is 25.1 Å². The van der Waals surface area contributed by atoms with Crippen LogP contribution in [0.5, 0.6) is 5.75 Å². The summed E-state index contributed by atoms with van der Waals surface area (Å²) in [6.07, 6.45) is 4.95. The molecule has 2 rings (SSSR count). The average molecular weight is 367 g/mol. The number of anilines is 1. The molecule has 0 saturated carbocycles. The normalized spacial score (nSPS) is 10.8. The van der Waals surface area contributed by atoms with Gasteiger partial charge in [0.15, 0.2) is 5.96 Å². The van der Waals surface area contributed by atoms with Gasteiger partial charge in [0.2, 0.25) is 5.91 Å². The quantitative estimate of drug-likeness (QED) is 0.360. The number of amides is 1. The van der Waals surface area contributed by atoms with Gasteiger partial charge in [0.25, 0.3) is 0 Å². The number of guanidine groups is 1. The third kappa shape index (κ3) is 7.19. The number of rotatable bonds is 9. The number of nitrogens with zero attached hydrogens (tertiary/aromatic N) is 2. The van der Waals surface area contributed by atoms with E-state index in [0.717, 1.165) is 11.3 Å². The van der Waals surface area contributed by atoms with Crippen LogP contribution in [0.4, 0.5) is 5.69 Å². The lowest BCUT2D eigenvalue weighted by atomic mass is 10.2. The number of aromatic nitrogens is 1. The van der Waals surface area contributed by atoms with Gasteiger partial charge < -0.3 is 20.7 Å². The largest absolute Gasteiger partial charge is 0.489 e. The number of ether oxygens (including phenoxy) is 1. The number of hydrogen-bond donors (Lipinski definition) is 3. The minimum Gasteiger partial charge on any atom is -0.489 e. The van der Waals surface area contributed by atoms with Crippen molar-refractivity contribution in [3.05, 3.63) is 67.0 Å². The molecule has 27 heavy (non-hydrogen) atoms. The van der Waals surface area contributed by atoms with Crippen LogP contribution in [0.3, 0.4) is 0 Å². The number of carbonyl (C=O) groups excluding carboxylic acids is 1. The van der Waals surface area contributed by atoms with E-state index >= 15 is 0 Å². The average Bonchev–Trinajstić information content (AvgIpc) is 2.70. The molecule has 1 aromatic heterocycles. The van der Waals surface area contributed by atoms with E-state index in [0.29, 0.717) is 31.3 Å². The van der Waals surface area contributed by atoms with E-state index in [1.54, 1.807) is 30.6 Å². The van der Waals surface area contributed by atoms with Crippen LogP contribution in [0.1, 0.15) is 12.5 Å². The third-order valence-electron chi connectivity index (χ3n) is 3.44. The van der Waals surface area contributed by atoms with Gasteiger partial charge in [0.1, 0.15) is 12.4 Å². The lowest BCUT2D eigenvalue weighted by Gasteiger charge is -2.12. The summed E-state index contributed by atoms with van der Waals surface area (Å²) in [6, 6.07) is 11.3. The lowest BCUT2D eigenvalue weighted by Crippen LogP contribution is -2.41. The summed E-state index contributed by atoms with van der Waals surface area (Å²) in [6.45, 7) is 7.27. The lowest BCUT2D eigenvalue weighted by molar-refractivity contribution is -0.115. The number of aliphatic imine (C=N–C) groups is 1. The molecule has 0 bridgehead atoms. The summed E-state index contributed by atoms with van der Waals surface area (Å²) in [5.74, 6) is 1.15. The van der Waals surface area contributed by atoms with Crippen molar-refractivity contribution in [3.63, 3.8) is 0 Å². The standard InChI is InChI=1S/C20H25N5O2/c1-3-12-27-18-10-6-5-8-16(18)13-23-20(22-4-2)24-15-19(26)25-17-9-7-11-21-14-17/h3,5-11,14H,1,4,12-13,15H2,2H3,(H,25,26)(H2,22,23,24). The van der Waals surface area contributed by atoms with Crippen LogP contribution < -0.4 is 20.7 Å². The minimum absolute atomic E-state index is 0.0926. The first-order valence-corrected chi connectivity index (χ1v) is 8.76. The maximum atomic E-state index is 12.1. The Morgan fingerprint density at radius 2 is 2.11 bits per heavy atom. The first-order valence-electron chi connectivity index (χ1n) is 8.76. The van der Waals surface area contributed by atoms with Crippen LogP contribution in [0, 0.1) is 0 Å². The van der Waals surface area contributed by atoms with Gasteiger partial charge >= 0.3 is 0 Å². The molecule has 0 aliphatic rings. The Morgan fingerprint density at radius 3 is 2.85 bits per heavy atom. The van der Waals surface area contributed by atoms with E-state index in [-0.39, 0.29) is 12.5 Å². The van der Waals surface area contributed by atoms with E-state index in [2.05, 4.69) is 32.5 Å². The fraction of sp³-hybridized carbons (Fsp3) is 0.250. The molecule has 0 radical (unpaired) electrons. The van der Waals surface area contributed by atoms with Gasteiger partial charge in [0.05, 0.1) is 25.0 Å². The second-order valence-electron chi connectivity index (χ2n) is 5.55. The summed E-state index contributed by atoms with van der Waals surface area (Å²) < 4.78 is 5.64. The molecule has 0 saturated heterocycles. The highest BCUT2D eigenvalue weighted by Gasteiger charge is 2.06. The first-order chi connectivity index (χ1) is 13.2. The molecule has 0 aliphatic heterocycles. The molecule has 142 valence electrons. The van der Waals surface area contributed by atoms with Gasteiger partial charge in [-0.1, -0.05) is 30.9 Å². The van der Waals surface area contributed by atoms with Crippen molar-refractivity contribution in [2.24, 2.45) is 4.99 Å². The van der Waals surface area contributed by atoms with Crippen LogP contribution in [0.25, 0.3) is 0 Å². The van der Waals surface area contributed by atoms with Crippen molar-refractivity contribution >= 4 is 17.6 Å². The Balaban J connectivity index is 1.94. The van der Waals surface area contributed by atoms with E-state index in [4.69, 9.17) is 4.74 Å². The number of carbonyl (C=O) groups is 1. The van der Waals surface area contributed by atoms with Crippen LogP contribution in [-0.2, 0) is 11.3 Å². The molecule has 0 unspecified atom stereocenters. The summed E-state index contributed by atoms with van der Waals surface area (Å²) in [5.41, 5.74) is 1.61. The smallest absolute Gasteiger partial charge is 0.243 e. The molecule has 7 heteroatoms. The molecule has 0 fully saturated rings. The predicted octanol–water partition coefficient (Wildman–Crippen LogP) is 2.34. The molecular formula is C20H25N5O2. The van der Waals surface area contributed by atoms with Crippen molar-refractivity contribution in [2.75, 3.05) is 25.0 Å². The Hall–Kier alpha value is -3.35. The Morgan fingerprint density at radius 1 is 1.26 bits per heavy atom. The number of pyridine rings is 1. The highest BCUT2D eigenvalue weighted by atomic mass is 16.5. The molecule has 0 spiro atoms. The zero-order valence-corrected chi connectivity index (χ0v) is 15.4. The zero-order chi connectivity index (χ0) is 19.3. The molecule has 7 nitrogen and oxygen atoms in total. The van der Waals surface area contributed by atoms with Crippen molar-refractivity contribution in [2.45, 2.75) is 13.5 Å². The maximum absolute atomic E-state index is 12.1. The molecule has 2 aromatic rings. The minimum atomic E-state index is -0.177. The second-order valence-corrected chi connectivity index (χ2v) is 5.55. The van der Waals surface area contributed by atoms with Gasteiger partial charge in [-0.15, -0.1) is 0 Å². The molecule has 0 atom stereocenters. The summed E-state index contributed by atoms with van der Waals surface area (Å²) in [7, 11) is 0. The first kappa shape index (κ1) is 20.0. The van der Waals surface area contributed by atoms with E-state index in [9.17, 15) is 4.79 Å². The fourth-order valence-electron chi connectivity index (χ4n) is 2.24. The highest BCUT2D eigenvalue weighted by molar-refractivity contribution is 5.94. The topological polar surface area (TPSA) is 87.6 Å². The Labute approximate surface area is 159 Å².